The zero-order valence-corrected chi connectivity index (χ0v) is 16.7. The first-order chi connectivity index (χ1) is 12.7. The zero-order valence-electron chi connectivity index (χ0n) is 16.7. The number of amides is 2. The molecule has 27 heavy (non-hydrogen) atoms. The summed E-state index contributed by atoms with van der Waals surface area (Å²) in [5.41, 5.74) is -0.549. The van der Waals surface area contributed by atoms with Crippen LogP contribution in [0.5, 0.6) is 0 Å². The molecule has 1 aromatic carbocycles. The molecule has 0 aromatic heterocycles. The quantitative estimate of drug-likeness (QED) is 0.299. The van der Waals surface area contributed by atoms with E-state index >= 15 is 0 Å². The summed E-state index contributed by atoms with van der Waals surface area (Å²) in [6.07, 6.45) is 3.55. The van der Waals surface area contributed by atoms with E-state index in [0.29, 0.717) is 13.1 Å². The van der Waals surface area contributed by atoms with E-state index in [-0.39, 0.29) is 27.9 Å². The van der Waals surface area contributed by atoms with Gasteiger partial charge in [0.15, 0.2) is 0 Å². The minimum atomic E-state index is -0.847. The highest BCUT2D eigenvalue weighted by molar-refractivity contribution is 6.09. The number of unbranched alkanes of at least 4 members (excludes halogenated alkanes) is 2. The van der Waals surface area contributed by atoms with Crippen molar-refractivity contribution in [2.75, 3.05) is 13.1 Å². The lowest BCUT2D eigenvalue weighted by Gasteiger charge is -2.34. The summed E-state index contributed by atoms with van der Waals surface area (Å²) in [6, 6.07) is 6.23. The predicted octanol–water partition coefficient (Wildman–Crippen LogP) is 3.97. The molecule has 0 N–H and O–H groups in total. The number of rotatable bonds is 8. The molecule has 1 heterocycles. The Bertz CT molecular complexity index is 776. The number of hydrogen-bond donors (Lipinski definition) is 0. The first kappa shape index (κ1) is 19.7. The third kappa shape index (κ3) is 2.42. The van der Waals surface area contributed by atoms with Crippen LogP contribution in [0.2, 0.25) is 0 Å². The number of nitro groups is 1. The van der Waals surface area contributed by atoms with Crippen LogP contribution < -0.4 is 0 Å². The van der Waals surface area contributed by atoms with Gasteiger partial charge >= 0.3 is 11.8 Å². The van der Waals surface area contributed by atoms with Crippen LogP contribution in [0.4, 0.5) is 5.69 Å². The normalized spacial score (nSPS) is 27.5. The van der Waals surface area contributed by atoms with Gasteiger partial charge in [-0.2, -0.15) is 4.48 Å². The van der Waals surface area contributed by atoms with Crippen molar-refractivity contribution < 1.29 is 19.0 Å². The molecule has 0 spiro atoms. The average Bonchev–Trinajstić information content (AvgIpc) is 3.09. The van der Waals surface area contributed by atoms with Crippen molar-refractivity contribution in [2.24, 2.45) is 11.3 Å². The molecule has 1 saturated heterocycles. The summed E-state index contributed by atoms with van der Waals surface area (Å²) in [7, 11) is 0. The second kappa shape index (κ2) is 6.51. The molecular weight excluding hydrogens is 344 g/mol. The van der Waals surface area contributed by atoms with Crippen LogP contribution >= 0.6 is 0 Å². The zero-order chi connectivity index (χ0) is 20.0. The van der Waals surface area contributed by atoms with Crippen LogP contribution in [-0.4, -0.2) is 34.3 Å². The molecule has 0 bridgehead atoms. The molecule has 1 saturated carbocycles. The monoisotopic (exact) mass is 373 g/mol. The third-order valence-electron chi connectivity index (χ3n) is 6.80. The Hall–Kier alpha value is -2.08. The van der Waals surface area contributed by atoms with E-state index in [1.807, 2.05) is 13.8 Å². The van der Waals surface area contributed by atoms with Gasteiger partial charge in [-0.1, -0.05) is 52.7 Å². The van der Waals surface area contributed by atoms with Crippen molar-refractivity contribution >= 4 is 17.5 Å². The Morgan fingerprint density at radius 1 is 1.04 bits per heavy atom. The summed E-state index contributed by atoms with van der Waals surface area (Å²) in [4.78, 5) is 37.9. The topological polar surface area (TPSA) is 77.3 Å². The van der Waals surface area contributed by atoms with E-state index in [9.17, 15) is 19.7 Å². The fourth-order valence-electron chi connectivity index (χ4n) is 5.24. The molecule has 1 aliphatic heterocycles. The first-order valence-corrected chi connectivity index (χ1v) is 9.93. The van der Waals surface area contributed by atoms with E-state index in [1.54, 1.807) is 12.1 Å². The molecule has 2 atom stereocenters. The molecule has 2 amide bonds. The van der Waals surface area contributed by atoms with E-state index < -0.39 is 15.8 Å². The molecule has 6 heteroatoms. The minimum Gasteiger partial charge on any atom is -0.258 e. The third-order valence-corrected chi connectivity index (χ3v) is 6.80. The molecule has 146 valence electrons. The van der Waals surface area contributed by atoms with Gasteiger partial charge in [0, 0.05) is 17.5 Å². The number of nitro benzene ring substituents is 1. The highest BCUT2D eigenvalue weighted by Gasteiger charge is 2.91. The smallest absolute Gasteiger partial charge is 0.258 e. The van der Waals surface area contributed by atoms with Gasteiger partial charge in [-0.05, 0) is 18.4 Å². The number of carbonyl (C=O) groups excluding carboxylic acids is 2. The average molecular weight is 373 g/mol. The van der Waals surface area contributed by atoms with Gasteiger partial charge in [0.2, 0.25) is 0 Å². The highest BCUT2D eigenvalue weighted by atomic mass is 16.6. The number of quaternary nitrogens is 1. The molecule has 1 aromatic rings. The van der Waals surface area contributed by atoms with Gasteiger partial charge in [0.25, 0.3) is 5.69 Å². The molecule has 0 radical (unpaired) electrons. The van der Waals surface area contributed by atoms with Gasteiger partial charge in [-0.15, -0.1) is 0 Å². The van der Waals surface area contributed by atoms with E-state index in [4.69, 9.17) is 0 Å². The Morgan fingerprint density at radius 2 is 1.56 bits per heavy atom. The number of benzene rings is 1. The van der Waals surface area contributed by atoms with Crippen LogP contribution in [0.1, 0.15) is 58.9 Å². The number of imide groups is 1. The SMILES string of the molecule is CCCC[N+]1(CCCC)C(=O)C2C(C)(C)C2(c2ccc([N+](=O)[O-])cc2)C1=O. The number of nitrogens with zero attached hydrogens (tertiary/aromatic N) is 2. The van der Waals surface area contributed by atoms with Crippen LogP contribution in [0.3, 0.4) is 0 Å². The van der Waals surface area contributed by atoms with Crippen LogP contribution in [0.15, 0.2) is 24.3 Å². The van der Waals surface area contributed by atoms with Crippen molar-refractivity contribution in [2.45, 2.75) is 58.8 Å². The van der Waals surface area contributed by atoms with Crippen molar-refractivity contribution in [1.82, 2.24) is 0 Å². The molecule has 2 fully saturated rings. The standard InChI is InChI=1S/C21H29N2O4/c1-5-7-13-23(14-8-6-2)18(24)17-20(3,4)21(17,19(23)25)15-9-11-16(12-10-15)22(26)27/h9-12,17H,5-8,13-14H2,1-4H3/q+1. The lowest BCUT2D eigenvalue weighted by atomic mass is 9.86. The summed E-state index contributed by atoms with van der Waals surface area (Å²) in [5.74, 6) is -0.295. The van der Waals surface area contributed by atoms with E-state index in [0.717, 1.165) is 31.2 Å². The van der Waals surface area contributed by atoms with Crippen molar-refractivity contribution in [3.8, 4) is 0 Å². The predicted molar refractivity (Wildman–Crippen MR) is 102 cm³/mol. The van der Waals surface area contributed by atoms with Crippen LogP contribution in [-0.2, 0) is 15.0 Å². The highest BCUT2D eigenvalue weighted by Crippen LogP contribution is 2.75. The second-order valence-corrected chi connectivity index (χ2v) is 8.53. The summed E-state index contributed by atoms with van der Waals surface area (Å²) in [6.45, 7) is 9.21. The number of non-ortho nitro benzene ring substituents is 1. The van der Waals surface area contributed by atoms with E-state index in [2.05, 4.69) is 13.8 Å². The summed E-state index contributed by atoms with van der Waals surface area (Å²) < 4.78 is -0.0488. The molecule has 6 nitrogen and oxygen atoms in total. The summed E-state index contributed by atoms with van der Waals surface area (Å²) >= 11 is 0. The lowest BCUT2D eigenvalue weighted by Crippen LogP contribution is -2.59. The molecule has 3 rings (SSSR count). The van der Waals surface area contributed by atoms with Crippen molar-refractivity contribution in [3.05, 3.63) is 39.9 Å². The summed E-state index contributed by atoms with van der Waals surface area (Å²) in [5, 5.41) is 11.0. The maximum atomic E-state index is 13.9. The molecule has 2 aliphatic rings. The van der Waals surface area contributed by atoms with Gasteiger partial charge in [0.05, 0.1) is 18.0 Å². The Labute approximate surface area is 160 Å². The Balaban J connectivity index is 2.07. The molecular formula is C21H29N2O4+. The Morgan fingerprint density at radius 3 is 2.00 bits per heavy atom. The number of fused-ring (bicyclic) bond motifs is 1. The minimum absolute atomic E-state index is 0.000326. The first-order valence-electron chi connectivity index (χ1n) is 9.93. The number of likely N-dealkylation sites (tertiary alicyclic amines) is 1. The second-order valence-electron chi connectivity index (χ2n) is 8.53. The van der Waals surface area contributed by atoms with Crippen LogP contribution in [0, 0.1) is 21.4 Å². The van der Waals surface area contributed by atoms with E-state index in [1.165, 1.54) is 12.1 Å². The maximum absolute atomic E-state index is 13.9. The lowest BCUT2D eigenvalue weighted by molar-refractivity contribution is -0.778. The number of hydrogen-bond acceptors (Lipinski definition) is 4. The van der Waals surface area contributed by atoms with Crippen molar-refractivity contribution in [1.29, 1.82) is 0 Å². The number of carbonyl (C=O) groups is 2. The Kier molecular flexibility index (Phi) is 4.75. The maximum Gasteiger partial charge on any atom is 0.333 e. The number of piperidine rings is 1. The molecule has 1 aliphatic carbocycles. The van der Waals surface area contributed by atoms with Crippen molar-refractivity contribution in [3.63, 3.8) is 0 Å². The fourth-order valence-corrected chi connectivity index (χ4v) is 5.24. The van der Waals surface area contributed by atoms with Crippen LogP contribution in [0.25, 0.3) is 0 Å². The van der Waals surface area contributed by atoms with Gasteiger partial charge in [-0.3, -0.25) is 10.1 Å². The molecule has 2 unspecified atom stereocenters. The largest absolute Gasteiger partial charge is 0.333 e. The van der Waals surface area contributed by atoms with Gasteiger partial charge in [-0.25, -0.2) is 9.59 Å². The fraction of sp³-hybridized carbons (Fsp3) is 0.619. The van der Waals surface area contributed by atoms with Gasteiger partial charge in [0.1, 0.15) is 11.3 Å². The van der Waals surface area contributed by atoms with Gasteiger partial charge < -0.3 is 0 Å².